The quantitative estimate of drug-likeness (QED) is 0.214. The van der Waals surface area contributed by atoms with E-state index in [2.05, 4.69) is 6.92 Å². The highest BCUT2D eigenvalue weighted by atomic mass is 31.2. The summed E-state index contributed by atoms with van der Waals surface area (Å²) in [6, 6.07) is 0. The van der Waals surface area contributed by atoms with E-state index in [1.54, 1.807) is 7.11 Å². The Morgan fingerprint density at radius 1 is 0.500 bits per heavy atom. The van der Waals surface area contributed by atoms with E-state index in [4.69, 9.17) is 9.47 Å². The van der Waals surface area contributed by atoms with Crippen LogP contribution in [0.4, 0.5) is 0 Å². The highest BCUT2D eigenvalue weighted by molar-refractivity contribution is 7.66. The number of fused-ring (bicyclic) bond motifs is 3. The van der Waals surface area contributed by atoms with Crippen molar-refractivity contribution in [3.05, 3.63) is 0 Å². The molecule has 8 rings (SSSR count). The molecule has 8 aliphatic rings. The standard InChI is InChI=1S/C42H69O5P/c1-30-8-20-37(21-9-30)48(45,36-6-4-3-5-7-36)38-22-18-35(19-23-38)47-34-16-12-32(13-17-34)40(44)42-27-24-41(25-28-42,26-29-42)39(43)31-10-14-33(46-2)15-11-31/h30-38H,3-29H2,1-2H3. The average molecular weight is 685 g/mol. The first-order valence-electron chi connectivity index (χ1n) is 21.1. The second-order valence-electron chi connectivity index (χ2n) is 18.5. The predicted octanol–water partition coefficient (Wildman–Crippen LogP) is 10.8. The van der Waals surface area contributed by atoms with Crippen LogP contribution in [0.5, 0.6) is 0 Å². The van der Waals surface area contributed by atoms with Crippen LogP contribution in [0.1, 0.15) is 180 Å². The van der Waals surface area contributed by atoms with Crippen molar-refractivity contribution >= 4 is 18.7 Å². The highest BCUT2D eigenvalue weighted by Gasteiger charge is 2.57. The summed E-state index contributed by atoms with van der Waals surface area (Å²) in [6.07, 6.45) is 30.3. The first-order chi connectivity index (χ1) is 23.2. The largest absolute Gasteiger partial charge is 0.381 e. The Morgan fingerprint density at radius 2 is 0.875 bits per heavy atom. The van der Waals surface area contributed by atoms with Crippen LogP contribution in [-0.2, 0) is 23.6 Å². The van der Waals surface area contributed by atoms with Gasteiger partial charge >= 0.3 is 0 Å². The molecule has 5 nitrogen and oxygen atoms in total. The van der Waals surface area contributed by atoms with Gasteiger partial charge in [-0.15, -0.1) is 0 Å². The lowest BCUT2D eigenvalue weighted by atomic mass is 9.49. The summed E-state index contributed by atoms with van der Waals surface area (Å²) in [6.45, 7) is 2.39. The molecule has 1 atom stereocenters. The van der Waals surface area contributed by atoms with E-state index < -0.39 is 7.14 Å². The van der Waals surface area contributed by atoms with Crippen LogP contribution < -0.4 is 0 Å². The van der Waals surface area contributed by atoms with Crippen molar-refractivity contribution < 1.29 is 23.6 Å². The van der Waals surface area contributed by atoms with Crippen LogP contribution in [0.25, 0.3) is 0 Å². The van der Waals surface area contributed by atoms with Crippen LogP contribution in [0.15, 0.2) is 0 Å². The van der Waals surface area contributed by atoms with Crippen molar-refractivity contribution in [1.29, 1.82) is 0 Å². The van der Waals surface area contributed by atoms with Crippen LogP contribution in [-0.4, -0.2) is 54.0 Å². The highest BCUT2D eigenvalue weighted by Crippen LogP contribution is 2.68. The number of Topliss-reactive ketones (excluding diaryl/α,β-unsaturated/α-hetero) is 2. The van der Waals surface area contributed by atoms with E-state index in [1.807, 2.05) is 0 Å². The van der Waals surface area contributed by atoms with Gasteiger partial charge in [-0.05, 0) is 147 Å². The number of rotatable bonds is 10. The Labute approximate surface area is 293 Å². The van der Waals surface area contributed by atoms with Gasteiger partial charge < -0.3 is 14.0 Å². The van der Waals surface area contributed by atoms with Crippen molar-refractivity contribution in [2.75, 3.05) is 7.11 Å². The van der Waals surface area contributed by atoms with Crippen LogP contribution in [0.3, 0.4) is 0 Å². The molecule has 48 heavy (non-hydrogen) atoms. The number of carbonyl (C=O) groups is 2. The van der Waals surface area contributed by atoms with Crippen molar-refractivity contribution in [3.8, 4) is 0 Å². The molecule has 6 heteroatoms. The SMILES string of the molecule is COC1CCC(C(=O)C23CCC(C(=O)C4CCC(OC5CCC(P(=O)(C6CCCCC6)C6CCC(C)CC6)CC5)CC4)(CC2)CC3)CC1. The summed E-state index contributed by atoms with van der Waals surface area (Å²) >= 11 is 0. The number of carbonyl (C=O) groups excluding carboxylic acids is 2. The molecule has 0 aromatic rings. The third-order valence-electron chi connectivity index (χ3n) is 16.0. The van der Waals surface area contributed by atoms with Crippen LogP contribution in [0.2, 0.25) is 0 Å². The molecule has 8 fully saturated rings. The second-order valence-corrected chi connectivity index (χ2v) is 22.2. The fraction of sp³-hybridized carbons (Fsp3) is 0.952. The van der Waals surface area contributed by atoms with Gasteiger partial charge in [0.1, 0.15) is 11.6 Å². The van der Waals surface area contributed by atoms with Gasteiger partial charge in [-0.25, -0.2) is 0 Å². The summed E-state index contributed by atoms with van der Waals surface area (Å²) in [5.74, 6) is 2.28. The van der Waals surface area contributed by atoms with Gasteiger partial charge in [0.05, 0.1) is 25.5 Å². The molecule has 0 radical (unpaired) electrons. The smallest absolute Gasteiger partial charge is 0.142 e. The van der Waals surface area contributed by atoms with Crippen molar-refractivity contribution in [1.82, 2.24) is 0 Å². The Hall–Kier alpha value is -0.510. The van der Waals surface area contributed by atoms with E-state index in [-0.39, 0.29) is 28.8 Å². The second kappa shape index (κ2) is 15.2. The minimum atomic E-state index is -2.22. The van der Waals surface area contributed by atoms with Crippen LogP contribution in [0, 0.1) is 28.6 Å². The van der Waals surface area contributed by atoms with Crippen molar-refractivity contribution in [2.24, 2.45) is 28.6 Å². The Balaban J connectivity index is 0.871. The van der Waals surface area contributed by atoms with E-state index in [0.29, 0.717) is 40.8 Å². The fourth-order valence-electron chi connectivity index (χ4n) is 12.7. The molecule has 0 saturated heterocycles. The summed E-state index contributed by atoms with van der Waals surface area (Å²) in [5, 5.41) is 0. The maximum absolute atomic E-state index is 15.2. The normalized spacial score (nSPS) is 44.1. The van der Waals surface area contributed by atoms with Gasteiger partial charge in [-0.2, -0.15) is 0 Å². The summed E-state index contributed by atoms with van der Waals surface area (Å²) in [5.41, 5.74) is 1.14. The van der Waals surface area contributed by atoms with Gasteiger partial charge in [-0.3, -0.25) is 9.59 Å². The zero-order valence-electron chi connectivity index (χ0n) is 30.8. The maximum Gasteiger partial charge on any atom is 0.142 e. The first kappa shape index (κ1) is 35.9. The zero-order chi connectivity index (χ0) is 33.4. The number of hydrogen-bond donors (Lipinski definition) is 0. The summed E-state index contributed by atoms with van der Waals surface area (Å²) in [7, 11) is -0.421. The molecule has 0 aliphatic heterocycles. The third kappa shape index (κ3) is 7.12. The van der Waals surface area contributed by atoms with Gasteiger partial charge in [0.25, 0.3) is 0 Å². The topological polar surface area (TPSA) is 69.7 Å². The molecule has 0 N–H and O–H groups in total. The van der Waals surface area contributed by atoms with E-state index in [9.17, 15) is 9.59 Å². The monoisotopic (exact) mass is 684 g/mol. The molecule has 0 amide bonds. The first-order valence-corrected chi connectivity index (χ1v) is 23.0. The lowest BCUT2D eigenvalue weighted by Gasteiger charge is -2.54. The molecular weight excluding hydrogens is 615 g/mol. The minimum Gasteiger partial charge on any atom is -0.381 e. The van der Waals surface area contributed by atoms with E-state index in [1.165, 1.54) is 57.8 Å². The lowest BCUT2D eigenvalue weighted by molar-refractivity contribution is -0.155. The Morgan fingerprint density at radius 3 is 1.31 bits per heavy atom. The van der Waals surface area contributed by atoms with Gasteiger partial charge in [0.15, 0.2) is 0 Å². The molecule has 0 aromatic heterocycles. The molecule has 2 bridgehead atoms. The lowest BCUT2D eigenvalue weighted by Crippen LogP contribution is -2.52. The van der Waals surface area contributed by atoms with Gasteiger partial charge in [0, 0.05) is 46.8 Å². The average Bonchev–Trinajstić information content (AvgIpc) is 3.16. The molecular formula is C42H69O5P. The molecule has 8 saturated carbocycles. The molecule has 0 heterocycles. The van der Waals surface area contributed by atoms with Crippen molar-refractivity contribution in [3.63, 3.8) is 0 Å². The maximum atomic E-state index is 15.2. The van der Waals surface area contributed by atoms with Gasteiger partial charge in [-0.1, -0.05) is 39.0 Å². The summed E-state index contributed by atoms with van der Waals surface area (Å²) < 4.78 is 27.6. The molecule has 0 spiro atoms. The van der Waals surface area contributed by atoms with Crippen molar-refractivity contribution in [2.45, 2.75) is 216 Å². The molecule has 272 valence electrons. The predicted molar refractivity (Wildman–Crippen MR) is 194 cm³/mol. The molecule has 0 aromatic carbocycles. The number of hydrogen-bond acceptors (Lipinski definition) is 5. The fourth-order valence-corrected chi connectivity index (χ4v) is 17.9. The number of methoxy groups -OCH3 is 1. The van der Waals surface area contributed by atoms with Crippen LogP contribution >= 0.6 is 7.14 Å². The Kier molecular flexibility index (Phi) is 11.4. The number of ether oxygens (including phenoxy) is 2. The molecule has 1 unspecified atom stereocenters. The van der Waals surface area contributed by atoms with E-state index in [0.717, 1.165) is 121 Å². The minimum absolute atomic E-state index is 0.143. The Bertz CT molecular complexity index is 1120. The summed E-state index contributed by atoms with van der Waals surface area (Å²) in [4.78, 5) is 27.9. The number of ketones is 2. The zero-order valence-corrected chi connectivity index (χ0v) is 31.7. The van der Waals surface area contributed by atoms with E-state index >= 15 is 4.57 Å². The molecule has 8 aliphatic carbocycles. The van der Waals surface area contributed by atoms with Gasteiger partial charge in [0.2, 0.25) is 0 Å². The third-order valence-corrected chi connectivity index (χ3v) is 21.0.